The van der Waals surface area contributed by atoms with E-state index in [-0.39, 0.29) is 0 Å². The van der Waals surface area contributed by atoms with Gasteiger partial charge in [0.25, 0.3) is 0 Å². The summed E-state index contributed by atoms with van der Waals surface area (Å²) in [5, 5.41) is 10.6. The van der Waals surface area contributed by atoms with Gasteiger partial charge < -0.3 is 4.57 Å². The van der Waals surface area contributed by atoms with E-state index in [1.807, 2.05) is 6.07 Å². The summed E-state index contributed by atoms with van der Waals surface area (Å²) < 4.78 is 4.71. The van der Waals surface area contributed by atoms with Gasteiger partial charge in [-0.05, 0) is 64.4 Å². The minimum Gasteiger partial charge on any atom is -0.309 e. The molecular formula is C52H32N4. The van der Waals surface area contributed by atoms with Gasteiger partial charge in [-0.15, -0.1) is 0 Å². The fourth-order valence-electron chi connectivity index (χ4n) is 9.13. The average Bonchev–Trinajstić information content (AvgIpc) is 3.79. The van der Waals surface area contributed by atoms with Crippen LogP contribution >= 0.6 is 0 Å². The van der Waals surface area contributed by atoms with Gasteiger partial charge in [-0.25, -0.2) is 9.97 Å². The van der Waals surface area contributed by atoms with Crippen molar-refractivity contribution >= 4 is 76.1 Å². The highest BCUT2D eigenvalue weighted by Crippen LogP contribution is 2.46. The number of para-hydroxylation sites is 4. The fourth-order valence-corrected chi connectivity index (χ4v) is 9.13. The molecule has 0 saturated carbocycles. The van der Waals surface area contributed by atoms with Crippen molar-refractivity contribution in [2.75, 3.05) is 0 Å². The van der Waals surface area contributed by atoms with Gasteiger partial charge in [0.2, 0.25) is 5.95 Å². The Labute approximate surface area is 322 Å². The molecule has 12 aromatic rings. The molecule has 0 radical (unpaired) electrons. The van der Waals surface area contributed by atoms with Crippen molar-refractivity contribution in [2.45, 2.75) is 0 Å². The van der Waals surface area contributed by atoms with Crippen LogP contribution in [0.25, 0.3) is 110 Å². The lowest BCUT2D eigenvalue weighted by atomic mass is 9.90. The molecule has 56 heavy (non-hydrogen) atoms. The highest BCUT2D eigenvalue weighted by atomic mass is 15.2. The third-order valence-electron chi connectivity index (χ3n) is 11.5. The van der Waals surface area contributed by atoms with Gasteiger partial charge >= 0.3 is 0 Å². The molecule has 3 heterocycles. The van der Waals surface area contributed by atoms with Crippen LogP contribution in [-0.4, -0.2) is 19.1 Å². The number of hydrogen-bond acceptors (Lipinski definition) is 2. The molecule has 0 N–H and O–H groups in total. The Morgan fingerprint density at radius 1 is 0.321 bits per heavy atom. The SMILES string of the molecule is c1ccc(-c2nc(-n3c4ccccc4c4cc(-c5cc6c7ccccc7n(-c7ccccc7)c6c6ccccc56)c5ccccc5c43)nc3ccccc23)cc1. The Morgan fingerprint density at radius 2 is 0.768 bits per heavy atom. The Balaban J connectivity index is 1.21. The predicted octanol–water partition coefficient (Wildman–Crippen LogP) is 13.5. The first kappa shape index (κ1) is 30.9. The molecule has 9 aromatic carbocycles. The smallest absolute Gasteiger partial charge is 0.235 e. The number of benzene rings is 9. The van der Waals surface area contributed by atoms with Gasteiger partial charge in [0, 0.05) is 49.0 Å². The first-order valence-corrected chi connectivity index (χ1v) is 19.1. The molecule has 260 valence electrons. The van der Waals surface area contributed by atoms with E-state index in [1.54, 1.807) is 0 Å². The molecule has 0 atom stereocenters. The van der Waals surface area contributed by atoms with Gasteiger partial charge in [0.15, 0.2) is 0 Å². The Kier molecular flexibility index (Phi) is 6.60. The summed E-state index contributed by atoms with van der Waals surface area (Å²) in [6.07, 6.45) is 0. The Bertz CT molecular complexity index is 3520. The standard InChI is InChI=1S/C52H32N4/c1-3-17-33(18-4-1)49-41-27-11-14-28-46(41)53-52(54-49)56-48-30-16-13-24-38(48)45-32-43(36-22-8-10-26-40(36)51(45)56)42-31-44-37-23-12-15-29-47(37)55(34-19-5-2-6-20-34)50(44)39-25-9-7-21-35(39)42/h1-32H. The molecule has 0 amide bonds. The summed E-state index contributed by atoms with van der Waals surface area (Å²) >= 11 is 0. The third kappa shape index (κ3) is 4.41. The summed E-state index contributed by atoms with van der Waals surface area (Å²) in [5.74, 6) is 0.659. The fraction of sp³-hybridized carbons (Fsp3) is 0. The van der Waals surface area contributed by atoms with Crippen LogP contribution in [0.4, 0.5) is 0 Å². The minimum absolute atomic E-state index is 0.659. The Hall–Kier alpha value is -7.56. The van der Waals surface area contributed by atoms with Crippen LogP contribution in [0, 0.1) is 0 Å². The largest absolute Gasteiger partial charge is 0.309 e. The van der Waals surface area contributed by atoms with Gasteiger partial charge in [-0.3, -0.25) is 4.57 Å². The molecule has 0 saturated heterocycles. The Morgan fingerprint density at radius 3 is 1.38 bits per heavy atom. The monoisotopic (exact) mass is 712 g/mol. The van der Waals surface area contributed by atoms with E-state index < -0.39 is 0 Å². The molecule has 0 aliphatic rings. The molecule has 0 unspecified atom stereocenters. The van der Waals surface area contributed by atoms with Gasteiger partial charge in [-0.1, -0.05) is 152 Å². The van der Waals surface area contributed by atoms with Crippen LogP contribution in [0.5, 0.6) is 0 Å². The second kappa shape index (κ2) is 12.0. The normalized spacial score (nSPS) is 11.9. The van der Waals surface area contributed by atoms with Crippen molar-refractivity contribution in [3.05, 3.63) is 194 Å². The predicted molar refractivity (Wildman–Crippen MR) is 234 cm³/mol. The van der Waals surface area contributed by atoms with Crippen molar-refractivity contribution in [3.8, 4) is 34.0 Å². The number of hydrogen-bond donors (Lipinski definition) is 0. The van der Waals surface area contributed by atoms with Crippen LogP contribution in [0.1, 0.15) is 0 Å². The van der Waals surface area contributed by atoms with E-state index in [2.05, 4.69) is 197 Å². The molecule has 4 nitrogen and oxygen atoms in total. The van der Waals surface area contributed by atoms with Gasteiger partial charge in [-0.2, -0.15) is 0 Å². The number of rotatable bonds is 4. The van der Waals surface area contributed by atoms with E-state index in [1.165, 1.54) is 59.9 Å². The second-order valence-electron chi connectivity index (χ2n) is 14.5. The second-order valence-corrected chi connectivity index (χ2v) is 14.5. The van der Waals surface area contributed by atoms with Crippen LogP contribution in [-0.2, 0) is 0 Å². The molecule has 0 aliphatic carbocycles. The number of aromatic nitrogens is 4. The van der Waals surface area contributed by atoms with Crippen LogP contribution in [0.3, 0.4) is 0 Å². The molecule has 4 heteroatoms. The molecule has 0 spiro atoms. The van der Waals surface area contributed by atoms with Crippen molar-refractivity contribution in [3.63, 3.8) is 0 Å². The minimum atomic E-state index is 0.659. The van der Waals surface area contributed by atoms with E-state index >= 15 is 0 Å². The summed E-state index contributed by atoms with van der Waals surface area (Å²) in [5.41, 5.74) is 11.1. The molecule has 0 bridgehead atoms. The average molecular weight is 713 g/mol. The third-order valence-corrected chi connectivity index (χ3v) is 11.5. The molecule has 12 rings (SSSR count). The zero-order chi connectivity index (χ0) is 36.7. The highest BCUT2D eigenvalue weighted by Gasteiger charge is 2.23. The summed E-state index contributed by atoms with van der Waals surface area (Å²) in [6, 6.07) is 69.6. The highest BCUT2D eigenvalue weighted by molar-refractivity contribution is 6.26. The van der Waals surface area contributed by atoms with Crippen LogP contribution < -0.4 is 0 Å². The lowest BCUT2D eigenvalue weighted by Gasteiger charge is -2.16. The molecule has 3 aromatic heterocycles. The first-order chi connectivity index (χ1) is 27.8. The van der Waals surface area contributed by atoms with Crippen LogP contribution in [0.2, 0.25) is 0 Å². The topological polar surface area (TPSA) is 35.6 Å². The zero-order valence-electron chi connectivity index (χ0n) is 30.3. The molecular weight excluding hydrogens is 681 g/mol. The number of fused-ring (bicyclic) bond motifs is 11. The number of nitrogens with zero attached hydrogens (tertiary/aromatic N) is 4. The maximum absolute atomic E-state index is 5.38. The lowest BCUT2D eigenvalue weighted by molar-refractivity contribution is 1.02. The van der Waals surface area contributed by atoms with E-state index in [0.717, 1.165) is 44.3 Å². The van der Waals surface area contributed by atoms with E-state index in [0.29, 0.717) is 5.95 Å². The molecule has 0 aliphatic heterocycles. The van der Waals surface area contributed by atoms with Crippen molar-refractivity contribution in [1.29, 1.82) is 0 Å². The van der Waals surface area contributed by atoms with Crippen molar-refractivity contribution in [1.82, 2.24) is 19.1 Å². The van der Waals surface area contributed by atoms with Gasteiger partial charge in [0.1, 0.15) is 0 Å². The molecule has 0 fully saturated rings. The summed E-state index contributed by atoms with van der Waals surface area (Å²) in [6.45, 7) is 0. The van der Waals surface area contributed by atoms with E-state index in [4.69, 9.17) is 9.97 Å². The van der Waals surface area contributed by atoms with Crippen LogP contribution in [0.15, 0.2) is 194 Å². The van der Waals surface area contributed by atoms with Crippen molar-refractivity contribution in [2.24, 2.45) is 0 Å². The maximum atomic E-state index is 5.38. The first-order valence-electron chi connectivity index (χ1n) is 19.1. The lowest BCUT2D eigenvalue weighted by Crippen LogP contribution is -2.03. The maximum Gasteiger partial charge on any atom is 0.235 e. The zero-order valence-corrected chi connectivity index (χ0v) is 30.3. The summed E-state index contributed by atoms with van der Waals surface area (Å²) in [4.78, 5) is 10.7. The van der Waals surface area contributed by atoms with Gasteiger partial charge in [0.05, 0.1) is 33.3 Å². The van der Waals surface area contributed by atoms with E-state index in [9.17, 15) is 0 Å². The summed E-state index contributed by atoms with van der Waals surface area (Å²) in [7, 11) is 0. The van der Waals surface area contributed by atoms with Crippen molar-refractivity contribution < 1.29 is 0 Å². The quantitative estimate of drug-likeness (QED) is 0.182.